The summed E-state index contributed by atoms with van der Waals surface area (Å²) in [5.41, 5.74) is 0. The molecule has 2 atom stereocenters. The standard InChI is InChI=1S/C10H14ClN3O2/c1-6(14-5-7(11)4-12-14)9(10(15)16)13-8-2-3-8/h4-6,8-9,13H,2-3H2,1H3,(H,15,16). The number of aliphatic carboxylic acids is 1. The van der Waals surface area contributed by atoms with E-state index >= 15 is 0 Å². The van der Waals surface area contributed by atoms with Crippen LogP contribution in [0.15, 0.2) is 12.4 Å². The number of aromatic nitrogens is 2. The van der Waals surface area contributed by atoms with Gasteiger partial charge in [0.25, 0.3) is 0 Å². The molecule has 5 nitrogen and oxygen atoms in total. The maximum absolute atomic E-state index is 11.1. The molecule has 1 fully saturated rings. The zero-order valence-electron chi connectivity index (χ0n) is 8.93. The Bertz CT molecular complexity index is 389. The van der Waals surface area contributed by atoms with Crippen molar-refractivity contribution < 1.29 is 9.90 Å². The molecule has 2 N–H and O–H groups in total. The monoisotopic (exact) mass is 243 g/mol. The molecular weight excluding hydrogens is 230 g/mol. The summed E-state index contributed by atoms with van der Waals surface area (Å²) >= 11 is 5.76. The molecule has 1 saturated carbocycles. The number of carbonyl (C=O) groups is 1. The van der Waals surface area contributed by atoms with Crippen LogP contribution in [-0.4, -0.2) is 32.9 Å². The Morgan fingerprint density at radius 1 is 1.75 bits per heavy atom. The fraction of sp³-hybridized carbons (Fsp3) is 0.600. The fourth-order valence-electron chi connectivity index (χ4n) is 1.61. The van der Waals surface area contributed by atoms with E-state index in [4.69, 9.17) is 16.7 Å². The Morgan fingerprint density at radius 2 is 2.44 bits per heavy atom. The van der Waals surface area contributed by atoms with Crippen molar-refractivity contribution in [3.63, 3.8) is 0 Å². The molecule has 88 valence electrons. The summed E-state index contributed by atoms with van der Waals surface area (Å²) in [4.78, 5) is 11.1. The van der Waals surface area contributed by atoms with Gasteiger partial charge in [0, 0.05) is 12.2 Å². The average Bonchev–Trinajstić information content (AvgIpc) is 2.95. The highest BCUT2D eigenvalue weighted by Crippen LogP contribution is 2.22. The highest BCUT2D eigenvalue weighted by Gasteiger charge is 2.32. The minimum atomic E-state index is -0.856. The molecule has 1 aliphatic rings. The normalized spacial score (nSPS) is 19.4. The molecule has 1 aromatic heterocycles. The van der Waals surface area contributed by atoms with Crippen LogP contribution in [0.2, 0.25) is 5.02 Å². The van der Waals surface area contributed by atoms with Gasteiger partial charge in [0.05, 0.1) is 17.3 Å². The van der Waals surface area contributed by atoms with Gasteiger partial charge in [-0.05, 0) is 19.8 Å². The van der Waals surface area contributed by atoms with Crippen molar-refractivity contribution in [1.29, 1.82) is 0 Å². The lowest BCUT2D eigenvalue weighted by molar-refractivity contribution is -0.140. The molecule has 1 aromatic rings. The van der Waals surface area contributed by atoms with Crippen LogP contribution in [0.4, 0.5) is 0 Å². The van der Waals surface area contributed by atoms with Crippen molar-refractivity contribution in [2.75, 3.05) is 0 Å². The molecule has 6 heteroatoms. The number of carboxylic acids is 1. The van der Waals surface area contributed by atoms with Gasteiger partial charge in [0.2, 0.25) is 0 Å². The van der Waals surface area contributed by atoms with E-state index in [0.717, 1.165) is 12.8 Å². The van der Waals surface area contributed by atoms with E-state index in [0.29, 0.717) is 11.1 Å². The number of nitrogens with one attached hydrogen (secondary N) is 1. The van der Waals surface area contributed by atoms with E-state index in [1.165, 1.54) is 6.20 Å². The molecule has 0 aliphatic heterocycles. The third-order valence-corrected chi connectivity index (χ3v) is 2.92. The zero-order valence-corrected chi connectivity index (χ0v) is 9.68. The third-order valence-electron chi connectivity index (χ3n) is 2.73. The molecule has 0 radical (unpaired) electrons. The summed E-state index contributed by atoms with van der Waals surface area (Å²) in [6, 6.07) is -0.538. The number of carboxylic acid groups (broad SMARTS) is 1. The molecule has 0 bridgehead atoms. The second-order valence-electron chi connectivity index (χ2n) is 4.14. The largest absolute Gasteiger partial charge is 0.480 e. The van der Waals surface area contributed by atoms with Crippen LogP contribution in [-0.2, 0) is 4.79 Å². The molecule has 1 heterocycles. The van der Waals surface area contributed by atoms with Crippen LogP contribution >= 0.6 is 11.6 Å². The Kier molecular flexibility index (Phi) is 3.16. The van der Waals surface area contributed by atoms with Gasteiger partial charge in [-0.25, -0.2) is 0 Å². The SMILES string of the molecule is CC(C(NC1CC1)C(=O)O)n1cc(Cl)cn1. The smallest absolute Gasteiger partial charge is 0.322 e. The van der Waals surface area contributed by atoms with E-state index in [1.54, 1.807) is 10.9 Å². The van der Waals surface area contributed by atoms with Crippen molar-refractivity contribution in [3.8, 4) is 0 Å². The number of nitrogens with zero attached hydrogens (tertiary/aromatic N) is 2. The second kappa shape index (κ2) is 4.43. The summed E-state index contributed by atoms with van der Waals surface area (Å²) in [5.74, 6) is -0.856. The third kappa shape index (κ3) is 2.54. The van der Waals surface area contributed by atoms with Gasteiger partial charge >= 0.3 is 5.97 Å². The van der Waals surface area contributed by atoms with Crippen molar-refractivity contribution in [2.24, 2.45) is 0 Å². The maximum Gasteiger partial charge on any atom is 0.322 e. The predicted octanol–water partition coefficient (Wildman–Crippen LogP) is 1.30. The summed E-state index contributed by atoms with van der Waals surface area (Å²) in [6.07, 6.45) is 5.25. The lowest BCUT2D eigenvalue weighted by Crippen LogP contribution is -2.44. The minimum absolute atomic E-state index is 0.259. The Labute approximate surface area is 98.4 Å². The van der Waals surface area contributed by atoms with E-state index < -0.39 is 12.0 Å². The number of halogens is 1. The topological polar surface area (TPSA) is 67.2 Å². The van der Waals surface area contributed by atoms with Gasteiger partial charge in [-0.1, -0.05) is 11.6 Å². The molecule has 2 unspecified atom stereocenters. The van der Waals surface area contributed by atoms with E-state index in [9.17, 15) is 4.79 Å². The van der Waals surface area contributed by atoms with E-state index in [-0.39, 0.29) is 6.04 Å². The summed E-state index contributed by atoms with van der Waals surface area (Å²) in [6.45, 7) is 1.82. The van der Waals surface area contributed by atoms with Crippen LogP contribution < -0.4 is 5.32 Å². The fourth-order valence-corrected chi connectivity index (χ4v) is 1.75. The number of hydrogen-bond donors (Lipinski definition) is 2. The van der Waals surface area contributed by atoms with Gasteiger partial charge in [-0.3, -0.25) is 14.8 Å². The van der Waals surface area contributed by atoms with Gasteiger partial charge < -0.3 is 5.11 Å². The molecule has 16 heavy (non-hydrogen) atoms. The van der Waals surface area contributed by atoms with Crippen molar-refractivity contribution in [2.45, 2.75) is 37.9 Å². The van der Waals surface area contributed by atoms with Crippen LogP contribution in [0.25, 0.3) is 0 Å². The second-order valence-corrected chi connectivity index (χ2v) is 4.57. The van der Waals surface area contributed by atoms with Gasteiger partial charge in [-0.2, -0.15) is 5.10 Å². The highest BCUT2D eigenvalue weighted by atomic mass is 35.5. The van der Waals surface area contributed by atoms with E-state index in [1.807, 2.05) is 6.92 Å². The van der Waals surface area contributed by atoms with Gasteiger partial charge in [0.1, 0.15) is 6.04 Å². The molecule has 2 rings (SSSR count). The molecule has 0 spiro atoms. The Balaban J connectivity index is 2.09. The van der Waals surface area contributed by atoms with Crippen LogP contribution in [0.1, 0.15) is 25.8 Å². The first-order valence-corrected chi connectivity index (χ1v) is 5.64. The van der Waals surface area contributed by atoms with Gasteiger partial charge in [-0.15, -0.1) is 0 Å². The summed E-state index contributed by atoms with van der Waals surface area (Å²) < 4.78 is 1.58. The zero-order chi connectivity index (χ0) is 11.7. The molecule has 0 amide bonds. The van der Waals surface area contributed by atoms with Crippen LogP contribution in [0, 0.1) is 0 Å². The average molecular weight is 244 g/mol. The van der Waals surface area contributed by atoms with Crippen molar-refractivity contribution in [3.05, 3.63) is 17.4 Å². The van der Waals surface area contributed by atoms with Crippen molar-refractivity contribution >= 4 is 17.6 Å². The predicted molar refractivity (Wildman–Crippen MR) is 59.5 cm³/mol. The minimum Gasteiger partial charge on any atom is -0.480 e. The van der Waals surface area contributed by atoms with Gasteiger partial charge in [0.15, 0.2) is 0 Å². The summed E-state index contributed by atoms with van der Waals surface area (Å²) in [5, 5.41) is 16.8. The first kappa shape index (κ1) is 11.4. The molecule has 1 aliphatic carbocycles. The lowest BCUT2D eigenvalue weighted by atomic mass is 10.1. The van der Waals surface area contributed by atoms with Crippen LogP contribution in [0.3, 0.4) is 0 Å². The summed E-state index contributed by atoms with van der Waals surface area (Å²) in [7, 11) is 0. The molecule has 0 aromatic carbocycles. The quantitative estimate of drug-likeness (QED) is 0.818. The van der Waals surface area contributed by atoms with Crippen molar-refractivity contribution in [1.82, 2.24) is 15.1 Å². The lowest BCUT2D eigenvalue weighted by Gasteiger charge is -2.21. The molecular formula is C10H14ClN3O2. The molecule has 0 saturated heterocycles. The van der Waals surface area contributed by atoms with Crippen LogP contribution in [0.5, 0.6) is 0 Å². The first-order valence-electron chi connectivity index (χ1n) is 5.26. The Morgan fingerprint density at radius 3 is 2.88 bits per heavy atom. The maximum atomic E-state index is 11.1. The Hall–Kier alpha value is -1.07. The first-order chi connectivity index (χ1) is 7.58. The highest BCUT2D eigenvalue weighted by molar-refractivity contribution is 6.30. The van der Waals surface area contributed by atoms with E-state index in [2.05, 4.69) is 10.4 Å². The number of rotatable bonds is 5. The number of hydrogen-bond acceptors (Lipinski definition) is 3.